The van der Waals surface area contributed by atoms with Crippen molar-refractivity contribution in [1.29, 1.82) is 0 Å². The number of carbonyl (C=O) groups excluding carboxylic acids is 3. The number of carbonyl (C=O) groups is 3. The zero-order valence-corrected chi connectivity index (χ0v) is 8.13. The molecule has 0 bridgehead atoms. The molecule has 0 spiro atoms. The van der Waals surface area contributed by atoms with E-state index in [9.17, 15) is 14.4 Å². The third-order valence-electron chi connectivity index (χ3n) is 2.06. The summed E-state index contributed by atoms with van der Waals surface area (Å²) in [6, 6.07) is -0.660. The quantitative estimate of drug-likeness (QED) is 0.609. The summed E-state index contributed by atoms with van der Waals surface area (Å²) >= 11 is 0. The molecule has 0 radical (unpaired) electrons. The normalized spacial score (nSPS) is 20.8. The van der Waals surface area contributed by atoms with Crippen LogP contribution in [0.3, 0.4) is 0 Å². The molecular formula is C9H14N2O3. The highest BCUT2D eigenvalue weighted by Crippen LogP contribution is 2.02. The predicted molar refractivity (Wildman–Crippen MR) is 49.2 cm³/mol. The Balaban J connectivity index is 2.33. The van der Waals surface area contributed by atoms with E-state index >= 15 is 0 Å². The Hall–Kier alpha value is -1.39. The van der Waals surface area contributed by atoms with Gasteiger partial charge in [0.25, 0.3) is 0 Å². The van der Waals surface area contributed by atoms with Crippen molar-refractivity contribution < 1.29 is 14.4 Å². The van der Waals surface area contributed by atoms with E-state index in [0.717, 1.165) is 12.8 Å². The van der Waals surface area contributed by atoms with E-state index in [1.807, 2.05) is 6.92 Å². The zero-order chi connectivity index (χ0) is 10.6. The van der Waals surface area contributed by atoms with Crippen LogP contribution in [0.5, 0.6) is 0 Å². The Bertz CT molecular complexity index is 263. The van der Waals surface area contributed by atoms with Crippen molar-refractivity contribution in [2.75, 3.05) is 0 Å². The SMILES string of the molecule is CCCCC(=O)NC1CC(=O)NC1=O. The van der Waals surface area contributed by atoms with Crippen molar-refractivity contribution >= 4 is 17.7 Å². The van der Waals surface area contributed by atoms with Crippen molar-refractivity contribution in [1.82, 2.24) is 10.6 Å². The van der Waals surface area contributed by atoms with Crippen LogP contribution in [0.25, 0.3) is 0 Å². The molecular weight excluding hydrogens is 184 g/mol. The van der Waals surface area contributed by atoms with Crippen LogP contribution in [-0.2, 0) is 14.4 Å². The number of nitrogens with one attached hydrogen (secondary N) is 2. The molecule has 78 valence electrons. The van der Waals surface area contributed by atoms with Gasteiger partial charge in [0.05, 0.1) is 6.42 Å². The molecule has 2 N–H and O–H groups in total. The van der Waals surface area contributed by atoms with Crippen molar-refractivity contribution in [3.63, 3.8) is 0 Å². The van der Waals surface area contributed by atoms with Crippen LogP contribution in [0.1, 0.15) is 32.6 Å². The van der Waals surface area contributed by atoms with Crippen molar-refractivity contribution in [3.8, 4) is 0 Å². The Labute approximate surface area is 82.2 Å². The summed E-state index contributed by atoms with van der Waals surface area (Å²) in [7, 11) is 0. The van der Waals surface area contributed by atoms with Gasteiger partial charge < -0.3 is 5.32 Å². The Morgan fingerprint density at radius 2 is 2.29 bits per heavy atom. The lowest BCUT2D eigenvalue weighted by Crippen LogP contribution is -2.40. The van der Waals surface area contributed by atoms with Crippen molar-refractivity contribution in [2.24, 2.45) is 0 Å². The summed E-state index contributed by atoms with van der Waals surface area (Å²) < 4.78 is 0. The second-order valence-electron chi connectivity index (χ2n) is 3.34. The Morgan fingerprint density at radius 3 is 2.79 bits per heavy atom. The van der Waals surface area contributed by atoms with Crippen LogP contribution < -0.4 is 10.6 Å². The van der Waals surface area contributed by atoms with Gasteiger partial charge in [-0.1, -0.05) is 13.3 Å². The van der Waals surface area contributed by atoms with Gasteiger partial charge in [0.2, 0.25) is 17.7 Å². The third-order valence-corrected chi connectivity index (χ3v) is 2.06. The molecule has 0 aliphatic carbocycles. The van der Waals surface area contributed by atoms with E-state index in [-0.39, 0.29) is 18.2 Å². The van der Waals surface area contributed by atoms with Gasteiger partial charge in [0, 0.05) is 6.42 Å². The smallest absolute Gasteiger partial charge is 0.249 e. The Morgan fingerprint density at radius 1 is 1.57 bits per heavy atom. The first-order valence-electron chi connectivity index (χ1n) is 4.76. The molecule has 1 heterocycles. The molecule has 0 aromatic rings. The second kappa shape index (κ2) is 4.74. The van der Waals surface area contributed by atoms with Gasteiger partial charge in [0.1, 0.15) is 6.04 Å². The highest BCUT2D eigenvalue weighted by Gasteiger charge is 2.31. The fourth-order valence-corrected chi connectivity index (χ4v) is 1.27. The lowest BCUT2D eigenvalue weighted by molar-refractivity contribution is -0.128. The van der Waals surface area contributed by atoms with Gasteiger partial charge in [-0.05, 0) is 6.42 Å². The van der Waals surface area contributed by atoms with E-state index in [4.69, 9.17) is 0 Å². The molecule has 1 saturated heterocycles. The summed E-state index contributed by atoms with van der Waals surface area (Å²) in [5, 5.41) is 4.66. The molecule has 0 aromatic carbocycles. The highest BCUT2D eigenvalue weighted by atomic mass is 16.2. The molecule has 1 fully saturated rings. The molecule has 3 amide bonds. The largest absolute Gasteiger partial charge is 0.344 e. The summed E-state index contributed by atoms with van der Waals surface area (Å²) in [4.78, 5) is 33.0. The fraction of sp³-hybridized carbons (Fsp3) is 0.667. The van der Waals surface area contributed by atoms with E-state index in [1.54, 1.807) is 0 Å². The van der Waals surface area contributed by atoms with E-state index < -0.39 is 11.9 Å². The molecule has 1 atom stereocenters. The fourth-order valence-electron chi connectivity index (χ4n) is 1.27. The van der Waals surface area contributed by atoms with Crippen LogP contribution in [0.4, 0.5) is 0 Å². The standard InChI is InChI=1S/C9H14N2O3/c1-2-3-4-7(12)10-6-5-8(13)11-9(6)14/h6H,2-5H2,1H3,(H,10,12)(H,11,13,14). The summed E-state index contributed by atoms with van der Waals surface area (Å²) in [6.45, 7) is 1.99. The lowest BCUT2D eigenvalue weighted by atomic mass is 10.2. The number of hydrogen-bond acceptors (Lipinski definition) is 3. The number of rotatable bonds is 4. The molecule has 5 nitrogen and oxygen atoms in total. The van der Waals surface area contributed by atoms with Gasteiger partial charge in [-0.3, -0.25) is 19.7 Å². The maximum absolute atomic E-state index is 11.2. The average molecular weight is 198 g/mol. The number of hydrogen-bond donors (Lipinski definition) is 2. The molecule has 14 heavy (non-hydrogen) atoms. The number of imide groups is 1. The summed E-state index contributed by atoms with van der Waals surface area (Å²) in [5.41, 5.74) is 0. The third kappa shape index (κ3) is 2.83. The molecule has 1 aliphatic rings. The van der Waals surface area contributed by atoms with Crippen LogP contribution in [-0.4, -0.2) is 23.8 Å². The monoisotopic (exact) mass is 198 g/mol. The maximum atomic E-state index is 11.2. The molecule has 5 heteroatoms. The minimum atomic E-state index is -0.660. The van der Waals surface area contributed by atoms with E-state index in [2.05, 4.69) is 10.6 Å². The minimum Gasteiger partial charge on any atom is -0.344 e. The van der Waals surface area contributed by atoms with Gasteiger partial charge in [-0.2, -0.15) is 0 Å². The van der Waals surface area contributed by atoms with Crippen LogP contribution in [0.15, 0.2) is 0 Å². The van der Waals surface area contributed by atoms with Crippen LogP contribution in [0.2, 0.25) is 0 Å². The molecule has 0 saturated carbocycles. The first-order valence-corrected chi connectivity index (χ1v) is 4.76. The number of unbranched alkanes of at least 4 members (excludes halogenated alkanes) is 1. The number of amides is 3. The topological polar surface area (TPSA) is 75.3 Å². The maximum Gasteiger partial charge on any atom is 0.249 e. The van der Waals surface area contributed by atoms with Gasteiger partial charge in [-0.25, -0.2) is 0 Å². The summed E-state index contributed by atoms with van der Waals surface area (Å²) in [5.74, 6) is -0.891. The van der Waals surface area contributed by atoms with Crippen LogP contribution >= 0.6 is 0 Å². The van der Waals surface area contributed by atoms with Crippen molar-refractivity contribution in [3.05, 3.63) is 0 Å². The summed E-state index contributed by atoms with van der Waals surface area (Å²) in [6.07, 6.45) is 2.21. The second-order valence-corrected chi connectivity index (χ2v) is 3.34. The van der Waals surface area contributed by atoms with E-state index in [0.29, 0.717) is 6.42 Å². The zero-order valence-electron chi connectivity index (χ0n) is 8.13. The molecule has 1 rings (SSSR count). The van der Waals surface area contributed by atoms with Gasteiger partial charge in [-0.15, -0.1) is 0 Å². The van der Waals surface area contributed by atoms with Crippen molar-refractivity contribution in [2.45, 2.75) is 38.6 Å². The highest BCUT2D eigenvalue weighted by molar-refractivity contribution is 6.06. The molecule has 1 aliphatic heterocycles. The lowest BCUT2D eigenvalue weighted by Gasteiger charge is -2.08. The predicted octanol–water partition coefficient (Wildman–Crippen LogP) is -0.292. The van der Waals surface area contributed by atoms with Crippen LogP contribution in [0, 0.1) is 0 Å². The molecule has 1 unspecified atom stereocenters. The molecule has 0 aromatic heterocycles. The van der Waals surface area contributed by atoms with E-state index in [1.165, 1.54) is 0 Å². The average Bonchev–Trinajstić information content (AvgIpc) is 2.42. The first-order chi connectivity index (χ1) is 6.63. The van der Waals surface area contributed by atoms with Gasteiger partial charge in [0.15, 0.2) is 0 Å². The minimum absolute atomic E-state index is 0.0662. The Kier molecular flexibility index (Phi) is 3.62. The van der Waals surface area contributed by atoms with Gasteiger partial charge >= 0.3 is 0 Å². The first kappa shape index (κ1) is 10.7.